The monoisotopic (exact) mass is 380 g/mol. The molecule has 0 aliphatic carbocycles. The highest BCUT2D eigenvalue weighted by Crippen LogP contribution is 2.29. The van der Waals surface area contributed by atoms with Crippen LogP contribution in [0.15, 0.2) is 30.6 Å². The van der Waals surface area contributed by atoms with Crippen molar-refractivity contribution in [2.24, 2.45) is 13.0 Å². The van der Waals surface area contributed by atoms with E-state index in [4.69, 9.17) is 0 Å². The molecule has 1 unspecified atom stereocenters. The van der Waals surface area contributed by atoms with Crippen molar-refractivity contribution in [3.63, 3.8) is 0 Å². The molecule has 4 rings (SSSR count). The number of hydrogen-bond acceptors (Lipinski definition) is 4. The van der Waals surface area contributed by atoms with E-state index in [0.717, 1.165) is 39.0 Å². The zero-order valence-electron chi connectivity index (χ0n) is 17.4. The third kappa shape index (κ3) is 3.72. The Labute approximate surface area is 168 Å². The Bertz CT molecular complexity index is 835. The largest absolute Gasteiger partial charge is 0.371 e. The predicted molar refractivity (Wildman–Crippen MR) is 113 cm³/mol. The molecule has 2 aliphatic heterocycles. The summed E-state index contributed by atoms with van der Waals surface area (Å²) in [7, 11) is 1.91. The summed E-state index contributed by atoms with van der Waals surface area (Å²) in [6.45, 7) is 8.64. The van der Waals surface area contributed by atoms with Crippen molar-refractivity contribution >= 4 is 11.5 Å². The molecule has 1 atom stereocenters. The summed E-state index contributed by atoms with van der Waals surface area (Å²) in [5, 5.41) is 0. The first kappa shape index (κ1) is 19.2. The highest BCUT2D eigenvalue weighted by molar-refractivity contribution is 5.95. The Hall–Kier alpha value is -2.14. The number of carbonyl (C=O) groups excluding carboxylic acids is 1. The van der Waals surface area contributed by atoms with Gasteiger partial charge in [-0.25, -0.2) is 4.98 Å². The molecule has 28 heavy (non-hydrogen) atoms. The molecule has 2 aliphatic rings. The van der Waals surface area contributed by atoms with E-state index in [2.05, 4.69) is 46.8 Å². The minimum absolute atomic E-state index is 0.0897. The third-order valence-corrected chi connectivity index (χ3v) is 6.76. The highest BCUT2D eigenvalue weighted by atomic mass is 16.1. The van der Waals surface area contributed by atoms with Gasteiger partial charge in [-0.3, -0.25) is 9.69 Å². The van der Waals surface area contributed by atoms with Gasteiger partial charge in [0.1, 0.15) is 0 Å². The number of benzene rings is 1. The first-order valence-corrected chi connectivity index (χ1v) is 10.6. The van der Waals surface area contributed by atoms with Gasteiger partial charge in [0.25, 0.3) is 0 Å². The molecule has 150 valence electrons. The maximum absolute atomic E-state index is 12.9. The number of ketones is 1. The lowest BCUT2D eigenvalue weighted by Gasteiger charge is -2.43. The van der Waals surface area contributed by atoms with Crippen molar-refractivity contribution in [3.05, 3.63) is 47.5 Å². The topological polar surface area (TPSA) is 41.4 Å². The van der Waals surface area contributed by atoms with Crippen LogP contribution in [0.25, 0.3) is 0 Å². The minimum atomic E-state index is 0.0897. The number of Topliss-reactive ketones (excluding diaryl/α,β-unsaturated/α-hetero) is 1. The maximum Gasteiger partial charge on any atom is 0.202 e. The van der Waals surface area contributed by atoms with Crippen LogP contribution in [0.2, 0.25) is 0 Å². The summed E-state index contributed by atoms with van der Waals surface area (Å²) < 4.78 is 1.85. The van der Waals surface area contributed by atoms with E-state index < -0.39 is 0 Å². The van der Waals surface area contributed by atoms with Crippen LogP contribution in [0, 0.1) is 19.8 Å². The van der Waals surface area contributed by atoms with E-state index in [1.54, 1.807) is 6.20 Å². The lowest BCUT2D eigenvalue weighted by atomic mass is 9.90. The quantitative estimate of drug-likeness (QED) is 0.760. The summed E-state index contributed by atoms with van der Waals surface area (Å²) in [5.74, 6) is 0.911. The van der Waals surface area contributed by atoms with Crippen LogP contribution in [-0.4, -0.2) is 52.5 Å². The number of imidazole rings is 1. The van der Waals surface area contributed by atoms with E-state index in [0.29, 0.717) is 11.9 Å². The first-order valence-electron chi connectivity index (χ1n) is 10.6. The van der Waals surface area contributed by atoms with Crippen molar-refractivity contribution in [2.45, 2.75) is 45.6 Å². The van der Waals surface area contributed by atoms with Crippen LogP contribution in [0.1, 0.15) is 47.4 Å². The van der Waals surface area contributed by atoms with Crippen LogP contribution >= 0.6 is 0 Å². The molecule has 0 amide bonds. The molecule has 5 heteroatoms. The van der Waals surface area contributed by atoms with Gasteiger partial charge in [-0.2, -0.15) is 0 Å². The van der Waals surface area contributed by atoms with E-state index in [1.165, 1.54) is 29.7 Å². The number of piperidine rings is 2. The summed E-state index contributed by atoms with van der Waals surface area (Å²) >= 11 is 0. The lowest BCUT2D eigenvalue weighted by Crippen LogP contribution is -2.49. The second kappa shape index (κ2) is 8.08. The molecule has 0 N–H and O–H groups in total. The van der Waals surface area contributed by atoms with Gasteiger partial charge in [-0.05, 0) is 63.3 Å². The molecule has 2 fully saturated rings. The molecular formula is C23H32N4O. The molecule has 1 aromatic heterocycles. The molecule has 1 aromatic carbocycles. The van der Waals surface area contributed by atoms with Gasteiger partial charge in [0.05, 0.1) is 0 Å². The number of hydrogen-bond donors (Lipinski definition) is 0. The summed E-state index contributed by atoms with van der Waals surface area (Å²) in [6.07, 6.45) is 8.03. The summed E-state index contributed by atoms with van der Waals surface area (Å²) in [4.78, 5) is 22.3. The van der Waals surface area contributed by atoms with Crippen molar-refractivity contribution in [3.8, 4) is 0 Å². The highest BCUT2D eigenvalue weighted by Gasteiger charge is 2.33. The SMILES string of the molecule is Cc1cccc(N2CCC(N3CCCC(C(=O)c4nccn4C)C3)CC2)c1C. The molecule has 5 nitrogen and oxygen atoms in total. The van der Waals surface area contributed by atoms with Gasteiger partial charge < -0.3 is 9.47 Å². The molecule has 0 spiro atoms. The first-order chi connectivity index (χ1) is 13.5. The van der Waals surface area contributed by atoms with Gasteiger partial charge in [-0.1, -0.05) is 12.1 Å². The maximum atomic E-state index is 12.9. The Kier molecular flexibility index (Phi) is 5.54. The molecule has 0 bridgehead atoms. The smallest absolute Gasteiger partial charge is 0.202 e. The van der Waals surface area contributed by atoms with Crippen molar-refractivity contribution in [1.29, 1.82) is 0 Å². The number of anilines is 1. The number of aromatic nitrogens is 2. The Morgan fingerprint density at radius 1 is 1.11 bits per heavy atom. The normalized spacial score (nSPS) is 21.8. The number of likely N-dealkylation sites (tertiary alicyclic amines) is 1. The van der Waals surface area contributed by atoms with E-state index in [9.17, 15) is 4.79 Å². The number of nitrogens with zero attached hydrogens (tertiary/aromatic N) is 4. The minimum Gasteiger partial charge on any atom is -0.371 e. The van der Waals surface area contributed by atoms with Crippen LogP contribution in [-0.2, 0) is 7.05 Å². The van der Waals surface area contributed by atoms with E-state index >= 15 is 0 Å². The van der Waals surface area contributed by atoms with Gasteiger partial charge in [-0.15, -0.1) is 0 Å². The molecule has 2 aromatic rings. The standard InChI is InChI=1S/C23H32N4O/c1-17-6-4-8-21(18(17)2)26-13-9-20(10-14-26)27-12-5-7-19(16-27)22(28)23-24-11-15-25(23)3/h4,6,8,11,15,19-20H,5,7,9-10,12-14,16H2,1-3H3. The van der Waals surface area contributed by atoms with Crippen LogP contribution in [0.5, 0.6) is 0 Å². The molecule has 3 heterocycles. The van der Waals surface area contributed by atoms with Crippen LogP contribution in [0.3, 0.4) is 0 Å². The predicted octanol–water partition coefficient (Wildman–Crippen LogP) is 3.60. The van der Waals surface area contributed by atoms with Crippen LogP contribution < -0.4 is 4.90 Å². The molecule has 0 radical (unpaired) electrons. The zero-order valence-corrected chi connectivity index (χ0v) is 17.4. The van der Waals surface area contributed by atoms with Crippen molar-refractivity contribution in [1.82, 2.24) is 14.5 Å². The van der Waals surface area contributed by atoms with Gasteiger partial charge in [0.2, 0.25) is 5.78 Å². The van der Waals surface area contributed by atoms with Crippen molar-refractivity contribution < 1.29 is 4.79 Å². The Morgan fingerprint density at radius 3 is 2.61 bits per heavy atom. The fourth-order valence-electron chi connectivity index (χ4n) is 4.89. The Morgan fingerprint density at radius 2 is 1.89 bits per heavy atom. The molecule has 0 saturated carbocycles. The van der Waals surface area contributed by atoms with E-state index in [1.807, 2.05) is 17.8 Å². The second-order valence-electron chi connectivity index (χ2n) is 8.50. The van der Waals surface area contributed by atoms with Gasteiger partial charge in [0, 0.05) is 56.7 Å². The van der Waals surface area contributed by atoms with Gasteiger partial charge >= 0.3 is 0 Å². The third-order valence-electron chi connectivity index (χ3n) is 6.76. The Balaban J connectivity index is 1.37. The summed E-state index contributed by atoms with van der Waals surface area (Å²) in [6, 6.07) is 7.21. The summed E-state index contributed by atoms with van der Waals surface area (Å²) in [5.41, 5.74) is 4.16. The second-order valence-corrected chi connectivity index (χ2v) is 8.50. The van der Waals surface area contributed by atoms with Gasteiger partial charge in [0.15, 0.2) is 5.82 Å². The zero-order chi connectivity index (χ0) is 19.7. The number of carbonyl (C=O) groups is 1. The molecular weight excluding hydrogens is 348 g/mol. The molecule has 2 saturated heterocycles. The van der Waals surface area contributed by atoms with E-state index in [-0.39, 0.29) is 11.7 Å². The van der Waals surface area contributed by atoms with Crippen LogP contribution in [0.4, 0.5) is 5.69 Å². The number of aryl methyl sites for hydroxylation is 2. The fourth-order valence-corrected chi connectivity index (χ4v) is 4.89. The average Bonchev–Trinajstić information content (AvgIpc) is 3.15. The van der Waals surface area contributed by atoms with Crippen molar-refractivity contribution in [2.75, 3.05) is 31.1 Å². The average molecular weight is 381 g/mol. The lowest BCUT2D eigenvalue weighted by molar-refractivity contribution is 0.0707. The number of rotatable bonds is 4. The fraction of sp³-hybridized carbons (Fsp3) is 0.565.